The van der Waals surface area contributed by atoms with Gasteiger partial charge in [-0.1, -0.05) is 6.92 Å². The van der Waals surface area contributed by atoms with Crippen molar-refractivity contribution in [2.75, 3.05) is 0 Å². The normalized spacial score (nSPS) is 18.9. The lowest BCUT2D eigenvalue weighted by molar-refractivity contribution is -0.121. The van der Waals surface area contributed by atoms with Gasteiger partial charge in [-0.2, -0.15) is 5.10 Å². The van der Waals surface area contributed by atoms with Gasteiger partial charge < -0.3 is 0 Å². The van der Waals surface area contributed by atoms with E-state index in [2.05, 4.69) is 25.7 Å². The van der Waals surface area contributed by atoms with Crippen molar-refractivity contribution in [3.05, 3.63) is 36.5 Å². The van der Waals surface area contributed by atoms with Crippen LogP contribution < -0.4 is 5.43 Å². The number of hydrogen-bond donors (Lipinski definition) is 1. The monoisotopic (exact) mass is 256 g/mol. The second-order valence-electron chi connectivity index (χ2n) is 4.41. The Hall–Kier alpha value is -2.57. The van der Waals surface area contributed by atoms with Crippen LogP contribution in [0.4, 0.5) is 0 Å². The average molecular weight is 256 g/mol. The molecule has 19 heavy (non-hydrogen) atoms. The van der Waals surface area contributed by atoms with Gasteiger partial charge in [0.15, 0.2) is 0 Å². The van der Waals surface area contributed by atoms with Gasteiger partial charge in [0.1, 0.15) is 18.5 Å². The second kappa shape index (κ2) is 4.60. The van der Waals surface area contributed by atoms with Crippen molar-refractivity contribution in [3.63, 3.8) is 0 Å². The molecular formula is C12H12N6O. The first-order valence-corrected chi connectivity index (χ1v) is 5.92. The molecule has 3 rings (SSSR count). The maximum atomic E-state index is 11.2. The molecule has 7 nitrogen and oxygen atoms in total. The second-order valence-corrected chi connectivity index (χ2v) is 4.41. The Balaban J connectivity index is 1.89. The topological polar surface area (TPSA) is 85.1 Å². The molecule has 2 aromatic rings. The summed E-state index contributed by atoms with van der Waals surface area (Å²) in [6.07, 6.45) is 5.36. The molecule has 0 aliphatic carbocycles. The van der Waals surface area contributed by atoms with Crippen LogP contribution in [0.25, 0.3) is 5.82 Å². The van der Waals surface area contributed by atoms with Gasteiger partial charge in [0, 0.05) is 24.1 Å². The maximum Gasteiger partial charge on any atom is 0.240 e. The van der Waals surface area contributed by atoms with Crippen molar-refractivity contribution < 1.29 is 4.79 Å². The zero-order chi connectivity index (χ0) is 13.2. The van der Waals surface area contributed by atoms with Crippen LogP contribution in [0.5, 0.6) is 0 Å². The van der Waals surface area contributed by atoms with Crippen LogP contribution in [0, 0.1) is 5.92 Å². The van der Waals surface area contributed by atoms with E-state index in [0.717, 1.165) is 17.1 Å². The molecule has 0 aromatic carbocycles. The molecule has 0 radical (unpaired) electrons. The van der Waals surface area contributed by atoms with E-state index in [-0.39, 0.29) is 11.8 Å². The third-order valence-corrected chi connectivity index (χ3v) is 2.99. The molecule has 1 N–H and O–H groups in total. The summed E-state index contributed by atoms with van der Waals surface area (Å²) in [6, 6.07) is 3.79. The SMILES string of the molecule is CC1CC(=O)NN=C1c1ccc(-n2cnnc2)nc1. The van der Waals surface area contributed by atoms with Gasteiger partial charge in [0.05, 0.1) is 5.71 Å². The highest BCUT2D eigenvalue weighted by Gasteiger charge is 2.21. The molecule has 3 heterocycles. The van der Waals surface area contributed by atoms with Gasteiger partial charge in [-0.05, 0) is 12.1 Å². The molecule has 0 saturated heterocycles. The zero-order valence-corrected chi connectivity index (χ0v) is 10.3. The van der Waals surface area contributed by atoms with Crippen molar-refractivity contribution in [1.29, 1.82) is 0 Å². The largest absolute Gasteiger partial charge is 0.273 e. The lowest BCUT2D eigenvalue weighted by Crippen LogP contribution is -2.32. The Bertz CT molecular complexity index is 616. The predicted octanol–water partition coefficient (Wildman–Crippen LogP) is 0.522. The van der Waals surface area contributed by atoms with Crippen molar-refractivity contribution in [2.45, 2.75) is 13.3 Å². The van der Waals surface area contributed by atoms with Gasteiger partial charge in [-0.15, -0.1) is 10.2 Å². The molecule has 0 fully saturated rings. The third-order valence-electron chi connectivity index (χ3n) is 2.99. The molecule has 0 saturated carbocycles. The number of nitrogens with zero attached hydrogens (tertiary/aromatic N) is 5. The number of carbonyl (C=O) groups is 1. The first-order chi connectivity index (χ1) is 9.24. The quantitative estimate of drug-likeness (QED) is 0.849. The van der Waals surface area contributed by atoms with Gasteiger partial charge in [0.2, 0.25) is 5.91 Å². The smallest absolute Gasteiger partial charge is 0.240 e. The van der Waals surface area contributed by atoms with Crippen LogP contribution in [-0.4, -0.2) is 31.4 Å². The molecule has 2 aromatic heterocycles. The Morgan fingerprint density at radius 1 is 1.32 bits per heavy atom. The molecule has 1 aliphatic rings. The number of amides is 1. The molecule has 1 aliphatic heterocycles. The standard InChI is InChI=1S/C12H12N6O/c1-8-4-11(19)16-17-12(8)9-2-3-10(13-5-9)18-6-14-15-7-18/h2-3,5-8H,4H2,1H3,(H,16,19). The minimum absolute atomic E-state index is 0.0506. The van der Waals surface area contributed by atoms with E-state index in [1.165, 1.54) is 0 Å². The number of aromatic nitrogens is 4. The van der Waals surface area contributed by atoms with Crippen molar-refractivity contribution >= 4 is 11.6 Å². The number of rotatable bonds is 2. The Labute approximate surface area is 109 Å². The summed E-state index contributed by atoms with van der Waals surface area (Å²) in [4.78, 5) is 15.5. The number of hydrazone groups is 1. The zero-order valence-electron chi connectivity index (χ0n) is 10.3. The summed E-state index contributed by atoms with van der Waals surface area (Å²) in [7, 11) is 0. The highest BCUT2D eigenvalue weighted by Crippen LogP contribution is 2.16. The van der Waals surface area contributed by atoms with E-state index in [1.807, 2.05) is 19.1 Å². The summed E-state index contributed by atoms with van der Waals surface area (Å²) in [5.74, 6) is 0.781. The Morgan fingerprint density at radius 2 is 2.11 bits per heavy atom. The van der Waals surface area contributed by atoms with E-state index < -0.39 is 0 Å². The van der Waals surface area contributed by atoms with Gasteiger partial charge in [0.25, 0.3) is 0 Å². The van der Waals surface area contributed by atoms with Crippen molar-refractivity contribution in [3.8, 4) is 5.82 Å². The first-order valence-electron chi connectivity index (χ1n) is 5.92. The highest BCUT2D eigenvalue weighted by molar-refractivity contribution is 6.05. The molecule has 1 amide bonds. The summed E-state index contributed by atoms with van der Waals surface area (Å²) in [5, 5.41) is 11.6. The van der Waals surface area contributed by atoms with Gasteiger partial charge in [-0.25, -0.2) is 10.4 Å². The van der Waals surface area contributed by atoms with Crippen molar-refractivity contribution in [2.24, 2.45) is 11.0 Å². The summed E-state index contributed by atoms with van der Waals surface area (Å²) in [6.45, 7) is 1.98. The molecule has 1 unspecified atom stereocenters. The Kier molecular flexibility index (Phi) is 2.79. The van der Waals surface area contributed by atoms with Crippen LogP contribution >= 0.6 is 0 Å². The number of nitrogens with one attached hydrogen (secondary N) is 1. The fourth-order valence-electron chi connectivity index (χ4n) is 2.01. The van der Waals surface area contributed by atoms with Gasteiger partial charge in [-0.3, -0.25) is 9.36 Å². The summed E-state index contributed by atoms with van der Waals surface area (Å²) >= 11 is 0. The number of pyridine rings is 1. The number of carbonyl (C=O) groups excluding carboxylic acids is 1. The molecular weight excluding hydrogens is 244 g/mol. The fourth-order valence-corrected chi connectivity index (χ4v) is 2.01. The average Bonchev–Trinajstić information content (AvgIpc) is 2.93. The van der Waals surface area contributed by atoms with E-state index in [0.29, 0.717) is 6.42 Å². The Morgan fingerprint density at radius 3 is 2.74 bits per heavy atom. The van der Waals surface area contributed by atoms with Crippen LogP contribution in [0.1, 0.15) is 18.9 Å². The maximum absolute atomic E-state index is 11.2. The van der Waals surface area contributed by atoms with E-state index in [9.17, 15) is 4.79 Å². The fraction of sp³-hybridized carbons (Fsp3) is 0.250. The molecule has 1 atom stereocenters. The highest BCUT2D eigenvalue weighted by atomic mass is 16.2. The van der Waals surface area contributed by atoms with E-state index >= 15 is 0 Å². The van der Waals surface area contributed by atoms with E-state index in [4.69, 9.17) is 0 Å². The first kappa shape index (κ1) is 11.5. The van der Waals surface area contributed by atoms with Crippen LogP contribution in [0.2, 0.25) is 0 Å². The molecule has 0 bridgehead atoms. The van der Waals surface area contributed by atoms with Crippen LogP contribution in [0.15, 0.2) is 36.1 Å². The van der Waals surface area contributed by atoms with Gasteiger partial charge >= 0.3 is 0 Å². The lowest BCUT2D eigenvalue weighted by atomic mass is 9.95. The van der Waals surface area contributed by atoms with Crippen molar-refractivity contribution in [1.82, 2.24) is 25.2 Å². The predicted molar refractivity (Wildman–Crippen MR) is 67.6 cm³/mol. The third kappa shape index (κ3) is 2.22. The lowest BCUT2D eigenvalue weighted by Gasteiger charge is -2.18. The summed E-state index contributed by atoms with van der Waals surface area (Å²) < 4.78 is 1.72. The molecule has 0 spiro atoms. The van der Waals surface area contributed by atoms with E-state index in [1.54, 1.807) is 23.4 Å². The minimum atomic E-state index is -0.0506. The number of hydrogen-bond acceptors (Lipinski definition) is 5. The van der Waals surface area contributed by atoms with Crippen LogP contribution in [-0.2, 0) is 4.79 Å². The molecule has 7 heteroatoms. The molecule has 96 valence electrons. The summed E-state index contributed by atoms with van der Waals surface area (Å²) in [5.41, 5.74) is 4.26. The minimum Gasteiger partial charge on any atom is -0.273 e. The van der Waals surface area contributed by atoms with Crippen LogP contribution in [0.3, 0.4) is 0 Å².